The van der Waals surface area contributed by atoms with Crippen LogP contribution >= 0.6 is 22.9 Å². The molecular formula is C13H11ClO2S. The van der Waals surface area contributed by atoms with Gasteiger partial charge in [-0.1, -0.05) is 11.6 Å². The summed E-state index contributed by atoms with van der Waals surface area (Å²) in [5.74, 6) is 0.728. The van der Waals surface area contributed by atoms with Crippen LogP contribution < -0.4 is 4.74 Å². The highest BCUT2D eigenvalue weighted by atomic mass is 35.5. The summed E-state index contributed by atoms with van der Waals surface area (Å²) < 4.78 is 5.37. The van der Waals surface area contributed by atoms with Gasteiger partial charge in [0, 0.05) is 11.4 Å². The van der Waals surface area contributed by atoms with E-state index in [1.165, 1.54) is 0 Å². The SMILES string of the molecule is O=C(COc1ccc(Cl)cc1)Cc1ccsc1. The van der Waals surface area contributed by atoms with Crippen molar-refractivity contribution in [2.45, 2.75) is 6.42 Å². The third-order valence-corrected chi connectivity index (χ3v) is 3.18. The van der Waals surface area contributed by atoms with Crippen molar-refractivity contribution in [1.82, 2.24) is 0 Å². The topological polar surface area (TPSA) is 26.3 Å². The van der Waals surface area contributed by atoms with Crippen molar-refractivity contribution in [2.24, 2.45) is 0 Å². The average molecular weight is 267 g/mol. The molecular weight excluding hydrogens is 256 g/mol. The molecule has 1 heterocycles. The molecule has 88 valence electrons. The van der Waals surface area contributed by atoms with Crippen molar-refractivity contribution in [1.29, 1.82) is 0 Å². The maximum atomic E-state index is 11.6. The number of carbonyl (C=O) groups excluding carboxylic acids is 1. The molecule has 0 N–H and O–H groups in total. The normalized spacial score (nSPS) is 10.2. The summed E-state index contributed by atoms with van der Waals surface area (Å²) >= 11 is 7.34. The first-order chi connectivity index (χ1) is 8.24. The Bertz CT molecular complexity index is 477. The molecule has 2 aromatic rings. The zero-order valence-corrected chi connectivity index (χ0v) is 10.6. The van der Waals surface area contributed by atoms with Gasteiger partial charge in [0.2, 0.25) is 0 Å². The maximum Gasteiger partial charge on any atom is 0.174 e. The fourth-order valence-corrected chi connectivity index (χ4v) is 2.16. The van der Waals surface area contributed by atoms with Gasteiger partial charge in [-0.25, -0.2) is 0 Å². The van der Waals surface area contributed by atoms with Crippen LogP contribution in [0.4, 0.5) is 0 Å². The van der Waals surface area contributed by atoms with Crippen LogP contribution in [0.15, 0.2) is 41.1 Å². The number of benzene rings is 1. The molecule has 17 heavy (non-hydrogen) atoms. The average Bonchev–Trinajstić information content (AvgIpc) is 2.81. The Morgan fingerprint density at radius 3 is 2.65 bits per heavy atom. The summed E-state index contributed by atoms with van der Waals surface area (Å²) in [7, 11) is 0. The zero-order chi connectivity index (χ0) is 12.1. The van der Waals surface area contributed by atoms with Crippen LogP contribution in [0.5, 0.6) is 5.75 Å². The minimum Gasteiger partial charge on any atom is -0.486 e. The summed E-state index contributed by atoms with van der Waals surface area (Å²) in [6.45, 7) is 0.0947. The van der Waals surface area contributed by atoms with Gasteiger partial charge in [-0.05, 0) is 46.7 Å². The van der Waals surface area contributed by atoms with E-state index in [-0.39, 0.29) is 12.4 Å². The zero-order valence-electron chi connectivity index (χ0n) is 9.06. The van der Waals surface area contributed by atoms with Crippen molar-refractivity contribution >= 4 is 28.7 Å². The molecule has 4 heteroatoms. The molecule has 0 atom stereocenters. The molecule has 0 unspecified atom stereocenters. The molecule has 0 aliphatic heterocycles. The molecule has 0 saturated heterocycles. The van der Waals surface area contributed by atoms with Crippen LogP contribution in [0.25, 0.3) is 0 Å². The first-order valence-electron chi connectivity index (χ1n) is 5.15. The number of Topliss-reactive ketones (excluding diaryl/α,β-unsaturated/α-hetero) is 1. The molecule has 1 aromatic carbocycles. The van der Waals surface area contributed by atoms with Crippen LogP contribution in [0.3, 0.4) is 0 Å². The fraction of sp³-hybridized carbons (Fsp3) is 0.154. The smallest absolute Gasteiger partial charge is 0.174 e. The number of carbonyl (C=O) groups is 1. The van der Waals surface area contributed by atoms with Crippen molar-refractivity contribution in [3.63, 3.8) is 0 Å². The molecule has 0 saturated carbocycles. The Balaban J connectivity index is 1.82. The van der Waals surface area contributed by atoms with Gasteiger partial charge in [0.1, 0.15) is 12.4 Å². The van der Waals surface area contributed by atoms with Crippen LogP contribution in [0, 0.1) is 0 Å². The number of hydrogen-bond acceptors (Lipinski definition) is 3. The van der Waals surface area contributed by atoms with Crippen molar-refractivity contribution in [2.75, 3.05) is 6.61 Å². The van der Waals surface area contributed by atoms with Crippen molar-refractivity contribution in [3.8, 4) is 5.75 Å². The number of rotatable bonds is 5. The third kappa shape index (κ3) is 3.88. The minimum atomic E-state index is 0.0679. The highest BCUT2D eigenvalue weighted by Gasteiger charge is 2.05. The molecule has 0 amide bonds. The molecule has 2 nitrogen and oxygen atoms in total. The minimum absolute atomic E-state index is 0.0679. The second-order valence-corrected chi connectivity index (χ2v) is 4.81. The van der Waals surface area contributed by atoms with E-state index in [0.717, 1.165) is 5.56 Å². The van der Waals surface area contributed by atoms with E-state index < -0.39 is 0 Å². The van der Waals surface area contributed by atoms with Gasteiger partial charge < -0.3 is 4.74 Å². The van der Waals surface area contributed by atoms with E-state index in [9.17, 15) is 4.79 Å². The van der Waals surface area contributed by atoms with Crippen LogP contribution in [0.2, 0.25) is 5.02 Å². The van der Waals surface area contributed by atoms with Gasteiger partial charge in [0.25, 0.3) is 0 Å². The number of thiophene rings is 1. The van der Waals surface area contributed by atoms with Gasteiger partial charge in [-0.3, -0.25) is 4.79 Å². The Hall–Kier alpha value is -1.32. The molecule has 0 aliphatic rings. The van der Waals surface area contributed by atoms with Gasteiger partial charge in [-0.2, -0.15) is 11.3 Å². The Labute approximate surface area is 109 Å². The molecule has 0 fully saturated rings. The van der Waals surface area contributed by atoms with E-state index in [1.807, 2.05) is 16.8 Å². The van der Waals surface area contributed by atoms with Gasteiger partial charge in [0.15, 0.2) is 5.78 Å². The van der Waals surface area contributed by atoms with E-state index in [0.29, 0.717) is 17.2 Å². The molecule has 0 spiro atoms. The highest BCUT2D eigenvalue weighted by molar-refractivity contribution is 7.08. The monoisotopic (exact) mass is 266 g/mol. The molecule has 0 radical (unpaired) electrons. The van der Waals surface area contributed by atoms with E-state index >= 15 is 0 Å². The molecule has 2 rings (SSSR count). The summed E-state index contributed by atoms with van der Waals surface area (Å²) in [4.78, 5) is 11.6. The van der Waals surface area contributed by atoms with Crippen LogP contribution in [-0.2, 0) is 11.2 Å². The fourth-order valence-electron chi connectivity index (χ4n) is 1.37. The first kappa shape index (κ1) is 12.1. The number of ketones is 1. The largest absolute Gasteiger partial charge is 0.486 e. The number of halogens is 1. The second kappa shape index (κ2) is 5.84. The Kier molecular flexibility index (Phi) is 4.18. The summed E-state index contributed by atoms with van der Waals surface area (Å²) in [6.07, 6.45) is 0.428. The number of ether oxygens (including phenoxy) is 1. The quantitative estimate of drug-likeness (QED) is 0.827. The summed E-state index contributed by atoms with van der Waals surface area (Å²) in [5.41, 5.74) is 1.04. The standard InChI is InChI=1S/C13H11ClO2S/c14-11-1-3-13(4-2-11)16-8-12(15)7-10-5-6-17-9-10/h1-6,9H,7-8H2. The lowest BCUT2D eigenvalue weighted by atomic mass is 10.2. The second-order valence-electron chi connectivity index (χ2n) is 3.59. The van der Waals surface area contributed by atoms with E-state index in [2.05, 4.69) is 0 Å². The first-order valence-corrected chi connectivity index (χ1v) is 6.47. The molecule has 0 bridgehead atoms. The third-order valence-electron chi connectivity index (χ3n) is 2.19. The van der Waals surface area contributed by atoms with Gasteiger partial charge in [0.05, 0.1) is 0 Å². The molecule has 0 aliphatic carbocycles. The van der Waals surface area contributed by atoms with Crippen LogP contribution in [-0.4, -0.2) is 12.4 Å². The van der Waals surface area contributed by atoms with Crippen molar-refractivity contribution in [3.05, 3.63) is 51.7 Å². The lowest BCUT2D eigenvalue weighted by Crippen LogP contribution is -2.13. The predicted molar refractivity (Wildman–Crippen MR) is 70.0 cm³/mol. The summed E-state index contributed by atoms with van der Waals surface area (Å²) in [6, 6.07) is 8.92. The Morgan fingerprint density at radius 1 is 1.24 bits per heavy atom. The van der Waals surface area contributed by atoms with E-state index in [1.54, 1.807) is 35.6 Å². The maximum absolute atomic E-state index is 11.6. The lowest BCUT2D eigenvalue weighted by Gasteiger charge is -2.04. The van der Waals surface area contributed by atoms with Crippen LogP contribution in [0.1, 0.15) is 5.56 Å². The van der Waals surface area contributed by atoms with Crippen molar-refractivity contribution < 1.29 is 9.53 Å². The molecule has 1 aromatic heterocycles. The van der Waals surface area contributed by atoms with Gasteiger partial charge >= 0.3 is 0 Å². The highest BCUT2D eigenvalue weighted by Crippen LogP contribution is 2.15. The lowest BCUT2D eigenvalue weighted by molar-refractivity contribution is -0.120. The number of hydrogen-bond donors (Lipinski definition) is 0. The summed E-state index contributed by atoms with van der Waals surface area (Å²) in [5, 5.41) is 4.59. The van der Waals surface area contributed by atoms with E-state index in [4.69, 9.17) is 16.3 Å². The predicted octanol–water partition coefficient (Wildman–Crippen LogP) is 3.59. The van der Waals surface area contributed by atoms with Gasteiger partial charge in [-0.15, -0.1) is 0 Å². The Morgan fingerprint density at radius 2 is 2.00 bits per heavy atom.